The quantitative estimate of drug-likeness (QED) is 0.763. The lowest BCUT2D eigenvalue weighted by Gasteiger charge is -2.21. The normalized spacial score (nSPS) is 14.8. The van der Waals surface area contributed by atoms with Gasteiger partial charge in [-0.2, -0.15) is 0 Å². The van der Waals surface area contributed by atoms with Crippen LogP contribution < -0.4 is 4.90 Å². The van der Waals surface area contributed by atoms with Crippen LogP contribution in [-0.4, -0.2) is 33.6 Å². The molecule has 2 rings (SSSR count). The molecule has 0 atom stereocenters. The predicted molar refractivity (Wildman–Crippen MR) is 74.0 cm³/mol. The number of unbranched alkanes of at least 4 members (excludes halogenated alkanes) is 1. The van der Waals surface area contributed by atoms with Gasteiger partial charge in [-0.25, -0.2) is 14.8 Å². The second-order valence-corrected chi connectivity index (χ2v) is 4.77. The molecule has 0 aliphatic heterocycles. The second-order valence-electron chi connectivity index (χ2n) is 4.77. The highest BCUT2D eigenvalue weighted by Crippen LogP contribution is 2.29. The van der Waals surface area contributed by atoms with E-state index in [1.165, 1.54) is 18.9 Å². The molecule has 1 aliphatic carbocycles. The molecule has 5 heteroatoms. The van der Waals surface area contributed by atoms with E-state index in [1.807, 2.05) is 0 Å². The summed E-state index contributed by atoms with van der Waals surface area (Å²) in [4.78, 5) is 21.4. The van der Waals surface area contributed by atoms with Crippen LogP contribution in [-0.2, 0) is 4.79 Å². The number of anilines is 1. The Labute approximate surface area is 113 Å². The summed E-state index contributed by atoms with van der Waals surface area (Å²) in [6.45, 7) is 3.16. The van der Waals surface area contributed by atoms with Crippen molar-refractivity contribution in [3.05, 3.63) is 24.0 Å². The Balaban J connectivity index is 2.04. The molecule has 1 aromatic rings. The number of carboxylic acid groups (broad SMARTS) is 1. The Morgan fingerprint density at radius 2 is 2.16 bits per heavy atom. The van der Waals surface area contributed by atoms with E-state index in [-0.39, 0.29) is 0 Å². The zero-order chi connectivity index (χ0) is 13.7. The van der Waals surface area contributed by atoms with Crippen molar-refractivity contribution in [2.75, 3.05) is 11.4 Å². The third-order valence-electron chi connectivity index (χ3n) is 3.07. The Morgan fingerprint density at radius 3 is 2.68 bits per heavy atom. The van der Waals surface area contributed by atoms with E-state index in [1.54, 1.807) is 12.4 Å². The highest BCUT2D eigenvalue weighted by Gasteiger charge is 2.30. The van der Waals surface area contributed by atoms with E-state index in [0.717, 1.165) is 31.4 Å². The number of hydrogen-bond acceptors (Lipinski definition) is 4. The molecule has 0 amide bonds. The molecule has 1 aromatic heterocycles. The van der Waals surface area contributed by atoms with Crippen molar-refractivity contribution < 1.29 is 9.90 Å². The molecule has 102 valence electrons. The van der Waals surface area contributed by atoms with Gasteiger partial charge in [-0.05, 0) is 25.3 Å². The van der Waals surface area contributed by atoms with Crippen LogP contribution in [0.25, 0.3) is 6.08 Å². The molecule has 0 spiro atoms. The summed E-state index contributed by atoms with van der Waals surface area (Å²) in [6.07, 6.45) is 10.7. The average Bonchev–Trinajstić information content (AvgIpc) is 3.23. The lowest BCUT2D eigenvalue weighted by molar-refractivity contribution is -0.131. The van der Waals surface area contributed by atoms with Crippen LogP contribution in [0.4, 0.5) is 5.95 Å². The second kappa shape index (κ2) is 6.31. The first kappa shape index (κ1) is 13.5. The van der Waals surface area contributed by atoms with Gasteiger partial charge in [-0.3, -0.25) is 0 Å². The minimum Gasteiger partial charge on any atom is -0.478 e. The Bertz CT molecular complexity index is 452. The summed E-state index contributed by atoms with van der Waals surface area (Å²) < 4.78 is 0. The van der Waals surface area contributed by atoms with Crippen LogP contribution in [0.1, 0.15) is 38.2 Å². The van der Waals surface area contributed by atoms with Crippen LogP contribution >= 0.6 is 0 Å². The van der Waals surface area contributed by atoms with Crippen LogP contribution in [0.3, 0.4) is 0 Å². The predicted octanol–water partition coefficient (Wildman–Crippen LogP) is 2.34. The van der Waals surface area contributed by atoms with E-state index < -0.39 is 5.97 Å². The first-order valence-corrected chi connectivity index (χ1v) is 6.70. The topological polar surface area (TPSA) is 66.3 Å². The average molecular weight is 261 g/mol. The minimum absolute atomic E-state index is 0.590. The molecule has 0 bridgehead atoms. The fourth-order valence-electron chi connectivity index (χ4n) is 1.89. The van der Waals surface area contributed by atoms with Gasteiger partial charge in [-0.15, -0.1) is 0 Å². The molecule has 0 unspecified atom stereocenters. The Hall–Kier alpha value is -1.91. The van der Waals surface area contributed by atoms with Crippen molar-refractivity contribution in [1.29, 1.82) is 0 Å². The van der Waals surface area contributed by atoms with Gasteiger partial charge < -0.3 is 10.0 Å². The zero-order valence-corrected chi connectivity index (χ0v) is 11.1. The van der Waals surface area contributed by atoms with Gasteiger partial charge in [0.1, 0.15) is 0 Å². The first-order valence-electron chi connectivity index (χ1n) is 6.70. The molecule has 0 radical (unpaired) electrons. The number of rotatable bonds is 7. The summed E-state index contributed by atoms with van der Waals surface area (Å²) >= 11 is 0. The Kier molecular flexibility index (Phi) is 4.49. The number of aliphatic carboxylic acids is 1. The van der Waals surface area contributed by atoms with E-state index in [0.29, 0.717) is 11.6 Å². The fraction of sp³-hybridized carbons (Fsp3) is 0.500. The molecule has 19 heavy (non-hydrogen) atoms. The van der Waals surface area contributed by atoms with E-state index >= 15 is 0 Å². The SMILES string of the molecule is CCCCN(c1ncc(/C=C/C(=O)O)cn1)C1CC1. The molecular formula is C14H19N3O2. The van der Waals surface area contributed by atoms with Gasteiger partial charge >= 0.3 is 5.97 Å². The lowest BCUT2D eigenvalue weighted by Crippen LogP contribution is -2.28. The number of nitrogens with zero attached hydrogens (tertiary/aromatic N) is 3. The largest absolute Gasteiger partial charge is 0.478 e. The lowest BCUT2D eigenvalue weighted by atomic mass is 10.3. The summed E-state index contributed by atoms with van der Waals surface area (Å²) in [5, 5.41) is 8.56. The fourth-order valence-corrected chi connectivity index (χ4v) is 1.89. The summed E-state index contributed by atoms with van der Waals surface area (Å²) in [5.41, 5.74) is 0.706. The van der Waals surface area contributed by atoms with Crippen LogP contribution in [0.15, 0.2) is 18.5 Å². The number of carboxylic acids is 1. The molecule has 0 saturated heterocycles. The first-order chi connectivity index (χ1) is 9.20. The minimum atomic E-state index is -0.966. The molecule has 0 aromatic carbocycles. The summed E-state index contributed by atoms with van der Waals surface area (Å²) in [7, 11) is 0. The van der Waals surface area contributed by atoms with Gasteiger partial charge in [0.15, 0.2) is 0 Å². The van der Waals surface area contributed by atoms with Gasteiger partial charge in [0, 0.05) is 36.6 Å². The molecule has 1 saturated carbocycles. The molecular weight excluding hydrogens is 242 g/mol. The molecule has 5 nitrogen and oxygen atoms in total. The van der Waals surface area contributed by atoms with Gasteiger partial charge in [0.2, 0.25) is 5.95 Å². The maximum Gasteiger partial charge on any atom is 0.328 e. The monoisotopic (exact) mass is 261 g/mol. The molecule has 1 heterocycles. The summed E-state index contributed by atoms with van der Waals surface area (Å²) in [5.74, 6) is -0.213. The number of aromatic nitrogens is 2. The van der Waals surface area contributed by atoms with E-state index in [2.05, 4.69) is 21.8 Å². The standard InChI is InChI=1S/C14H19N3O2/c1-2-3-8-17(12-5-6-12)14-15-9-11(10-16-14)4-7-13(18)19/h4,7,9-10,12H,2-3,5-6,8H2,1H3,(H,18,19)/b7-4+. The maximum absolute atomic E-state index is 10.4. The van der Waals surface area contributed by atoms with Crippen molar-refractivity contribution in [2.45, 2.75) is 38.6 Å². The van der Waals surface area contributed by atoms with E-state index in [4.69, 9.17) is 5.11 Å². The maximum atomic E-state index is 10.4. The van der Waals surface area contributed by atoms with Crippen molar-refractivity contribution in [2.24, 2.45) is 0 Å². The molecule has 1 N–H and O–H groups in total. The number of hydrogen-bond donors (Lipinski definition) is 1. The van der Waals surface area contributed by atoms with E-state index in [9.17, 15) is 4.79 Å². The third-order valence-corrected chi connectivity index (χ3v) is 3.07. The smallest absolute Gasteiger partial charge is 0.328 e. The van der Waals surface area contributed by atoms with Gasteiger partial charge in [0.05, 0.1) is 0 Å². The van der Waals surface area contributed by atoms with Crippen LogP contribution in [0, 0.1) is 0 Å². The van der Waals surface area contributed by atoms with Crippen molar-refractivity contribution in [1.82, 2.24) is 9.97 Å². The van der Waals surface area contributed by atoms with Crippen LogP contribution in [0.2, 0.25) is 0 Å². The molecule has 1 aliphatic rings. The van der Waals surface area contributed by atoms with Crippen molar-refractivity contribution in [3.8, 4) is 0 Å². The van der Waals surface area contributed by atoms with Crippen molar-refractivity contribution in [3.63, 3.8) is 0 Å². The van der Waals surface area contributed by atoms with Crippen molar-refractivity contribution >= 4 is 18.0 Å². The Morgan fingerprint density at radius 1 is 1.47 bits per heavy atom. The van der Waals surface area contributed by atoms with Crippen LogP contribution in [0.5, 0.6) is 0 Å². The zero-order valence-electron chi connectivity index (χ0n) is 11.1. The highest BCUT2D eigenvalue weighted by molar-refractivity contribution is 5.85. The van der Waals surface area contributed by atoms with Gasteiger partial charge in [0.25, 0.3) is 0 Å². The van der Waals surface area contributed by atoms with Gasteiger partial charge in [-0.1, -0.05) is 13.3 Å². The summed E-state index contributed by atoms with van der Waals surface area (Å²) in [6, 6.07) is 0.590. The highest BCUT2D eigenvalue weighted by atomic mass is 16.4. The third kappa shape index (κ3) is 4.05. The number of carbonyl (C=O) groups is 1. The molecule has 1 fully saturated rings.